The molecular weight excluding hydrogens is 296 g/mol. The van der Waals surface area contributed by atoms with Crippen LogP contribution in [0.25, 0.3) is 6.08 Å². The average Bonchev–Trinajstić information content (AvgIpc) is 2.59. The summed E-state index contributed by atoms with van der Waals surface area (Å²) >= 11 is 0. The Kier molecular flexibility index (Phi) is 5.63. The number of rotatable bonds is 6. The van der Waals surface area contributed by atoms with Crippen molar-refractivity contribution < 1.29 is 24.1 Å². The van der Waals surface area contributed by atoms with Gasteiger partial charge >= 0.3 is 5.97 Å². The fourth-order valence-electron chi connectivity index (χ4n) is 1.95. The number of hydrogen-bond acceptors (Lipinski definition) is 5. The van der Waals surface area contributed by atoms with E-state index in [2.05, 4.69) is 0 Å². The lowest BCUT2D eigenvalue weighted by molar-refractivity contribution is -0.138. The molecule has 0 aliphatic carbocycles. The first kappa shape index (κ1) is 16.4. The van der Waals surface area contributed by atoms with E-state index in [1.54, 1.807) is 18.2 Å². The van der Waals surface area contributed by atoms with Crippen molar-refractivity contribution in [2.75, 3.05) is 14.2 Å². The fraction of sp³-hybridized carbons (Fsp3) is 0.167. The second kappa shape index (κ2) is 7.89. The Balaban J connectivity index is 2.03. The van der Waals surface area contributed by atoms with Gasteiger partial charge in [-0.05, 0) is 29.3 Å². The van der Waals surface area contributed by atoms with E-state index in [0.717, 1.165) is 5.56 Å². The van der Waals surface area contributed by atoms with Crippen LogP contribution in [0.2, 0.25) is 0 Å². The Morgan fingerprint density at radius 2 is 1.70 bits per heavy atom. The van der Waals surface area contributed by atoms with Crippen molar-refractivity contribution in [3.05, 3.63) is 59.7 Å². The third-order valence-electron chi connectivity index (χ3n) is 3.14. The lowest BCUT2D eigenvalue weighted by Gasteiger charge is -2.09. The number of carbonyl (C=O) groups excluding carboxylic acids is 1. The van der Waals surface area contributed by atoms with Crippen molar-refractivity contribution in [2.24, 2.45) is 0 Å². The summed E-state index contributed by atoms with van der Waals surface area (Å²) < 4.78 is 15.3. The SMILES string of the molecule is COc1cc(C=CC(=O)OCc2ccccc2)cc(OC)c1O. The normalized spacial score (nSPS) is 10.5. The minimum atomic E-state index is -0.458. The van der Waals surface area contributed by atoms with Crippen LogP contribution in [0.3, 0.4) is 0 Å². The molecule has 0 bridgehead atoms. The summed E-state index contributed by atoms with van der Waals surface area (Å²) in [5.74, 6) is -0.0121. The van der Waals surface area contributed by atoms with E-state index in [1.807, 2.05) is 30.3 Å². The summed E-state index contributed by atoms with van der Waals surface area (Å²) in [7, 11) is 2.88. The molecule has 0 saturated heterocycles. The number of ether oxygens (including phenoxy) is 3. The molecule has 0 unspecified atom stereocenters. The van der Waals surface area contributed by atoms with E-state index in [4.69, 9.17) is 14.2 Å². The van der Waals surface area contributed by atoms with E-state index in [-0.39, 0.29) is 23.9 Å². The summed E-state index contributed by atoms with van der Waals surface area (Å²) in [6, 6.07) is 12.6. The Hall–Kier alpha value is -2.95. The molecule has 0 spiro atoms. The Labute approximate surface area is 134 Å². The number of benzene rings is 2. The molecule has 0 saturated carbocycles. The topological polar surface area (TPSA) is 65.0 Å². The summed E-state index contributed by atoms with van der Waals surface area (Å²) in [5.41, 5.74) is 1.57. The maximum Gasteiger partial charge on any atom is 0.331 e. The van der Waals surface area contributed by atoms with E-state index in [1.165, 1.54) is 20.3 Å². The molecule has 0 aliphatic heterocycles. The van der Waals surface area contributed by atoms with Crippen LogP contribution < -0.4 is 9.47 Å². The van der Waals surface area contributed by atoms with E-state index >= 15 is 0 Å². The van der Waals surface area contributed by atoms with E-state index < -0.39 is 5.97 Å². The van der Waals surface area contributed by atoms with Crippen molar-refractivity contribution in [3.63, 3.8) is 0 Å². The Bertz CT molecular complexity index is 667. The third-order valence-corrected chi connectivity index (χ3v) is 3.14. The molecule has 0 heterocycles. The molecule has 2 aromatic rings. The summed E-state index contributed by atoms with van der Waals surface area (Å²) in [4.78, 5) is 11.7. The van der Waals surface area contributed by atoms with Gasteiger partial charge in [-0.1, -0.05) is 30.3 Å². The molecule has 0 radical (unpaired) electrons. The quantitative estimate of drug-likeness (QED) is 0.655. The van der Waals surface area contributed by atoms with Crippen LogP contribution in [0.1, 0.15) is 11.1 Å². The molecule has 0 fully saturated rings. The van der Waals surface area contributed by atoms with Gasteiger partial charge in [0.25, 0.3) is 0 Å². The maximum atomic E-state index is 11.7. The van der Waals surface area contributed by atoms with Gasteiger partial charge in [0, 0.05) is 6.08 Å². The molecule has 0 amide bonds. The molecule has 5 nitrogen and oxygen atoms in total. The number of phenols is 1. The van der Waals surface area contributed by atoms with Gasteiger partial charge in [0.2, 0.25) is 5.75 Å². The van der Waals surface area contributed by atoms with E-state index in [0.29, 0.717) is 5.56 Å². The summed E-state index contributed by atoms with van der Waals surface area (Å²) in [6.45, 7) is 0.215. The lowest BCUT2D eigenvalue weighted by atomic mass is 10.1. The molecule has 120 valence electrons. The van der Waals surface area contributed by atoms with Gasteiger partial charge in [-0.25, -0.2) is 4.79 Å². The van der Waals surface area contributed by atoms with Gasteiger partial charge in [-0.3, -0.25) is 0 Å². The molecule has 5 heteroatoms. The highest BCUT2D eigenvalue weighted by Gasteiger charge is 2.10. The highest BCUT2D eigenvalue weighted by molar-refractivity contribution is 5.87. The van der Waals surface area contributed by atoms with Crippen LogP contribution in [0.5, 0.6) is 17.2 Å². The predicted molar refractivity (Wildman–Crippen MR) is 86.5 cm³/mol. The van der Waals surface area contributed by atoms with Crippen molar-refractivity contribution in [1.82, 2.24) is 0 Å². The number of phenolic OH excluding ortho intramolecular Hbond substituents is 1. The highest BCUT2D eigenvalue weighted by Crippen LogP contribution is 2.37. The summed E-state index contributed by atoms with van der Waals surface area (Å²) in [6.07, 6.45) is 2.88. The van der Waals surface area contributed by atoms with Crippen LogP contribution in [-0.2, 0) is 16.1 Å². The van der Waals surface area contributed by atoms with Gasteiger partial charge in [0.05, 0.1) is 14.2 Å². The van der Waals surface area contributed by atoms with Crippen LogP contribution in [0, 0.1) is 0 Å². The molecular formula is C18H18O5. The largest absolute Gasteiger partial charge is 0.502 e. The van der Waals surface area contributed by atoms with Gasteiger partial charge in [-0.2, -0.15) is 0 Å². The second-order valence-electron chi connectivity index (χ2n) is 4.70. The number of methoxy groups -OCH3 is 2. The second-order valence-corrected chi connectivity index (χ2v) is 4.70. The number of aromatic hydroxyl groups is 1. The number of hydrogen-bond donors (Lipinski definition) is 1. The van der Waals surface area contributed by atoms with Gasteiger partial charge in [0.15, 0.2) is 11.5 Å². The molecule has 23 heavy (non-hydrogen) atoms. The number of carbonyl (C=O) groups is 1. The van der Waals surface area contributed by atoms with Crippen LogP contribution in [0.4, 0.5) is 0 Å². The van der Waals surface area contributed by atoms with Crippen LogP contribution in [-0.4, -0.2) is 25.3 Å². The first-order valence-corrected chi connectivity index (χ1v) is 6.97. The first-order valence-electron chi connectivity index (χ1n) is 6.97. The van der Waals surface area contributed by atoms with Crippen molar-refractivity contribution >= 4 is 12.0 Å². The first-order chi connectivity index (χ1) is 11.1. The minimum absolute atomic E-state index is 0.0844. The van der Waals surface area contributed by atoms with Crippen molar-refractivity contribution in [1.29, 1.82) is 0 Å². The molecule has 0 aliphatic rings. The lowest BCUT2D eigenvalue weighted by Crippen LogP contribution is -2.00. The van der Waals surface area contributed by atoms with Crippen molar-refractivity contribution in [3.8, 4) is 17.2 Å². The average molecular weight is 314 g/mol. The van der Waals surface area contributed by atoms with Crippen molar-refractivity contribution in [2.45, 2.75) is 6.61 Å². The maximum absolute atomic E-state index is 11.7. The van der Waals surface area contributed by atoms with Gasteiger partial charge in [0.1, 0.15) is 6.61 Å². The standard InChI is InChI=1S/C18H18O5/c1-21-15-10-14(11-16(22-2)18(15)20)8-9-17(19)23-12-13-6-4-3-5-7-13/h3-11,20H,12H2,1-2H3. The number of esters is 1. The highest BCUT2D eigenvalue weighted by atomic mass is 16.5. The third kappa shape index (κ3) is 4.51. The predicted octanol–water partition coefficient (Wildman–Crippen LogP) is 3.17. The molecule has 2 aromatic carbocycles. The van der Waals surface area contributed by atoms with Gasteiger partial charge in [-0.15, -0.1) is 0 Å². The van der Waals surface area contributed by atoms with Gasteiger partial charge < -0.3 is 19.3 Å². The zero-order valence-electron chi connectivity index (χ0n) is 13.0. The zero-order chi connectivity index (χ0) is 16.7. The molecule has 0 aromatic heterocycles. The van der Waals surface area contributed by atoms with Crippen LogP contribution >= 0.6 is 0 Å². The molecule has 0 atom stereocenters. The smallest absolute Gasteiger partial charge is 0.331 e. The molecule has 2 rings (SSSR count). The fourth-order valence-corrected chi connectivity index (χ4v) is 1.95. The zero-order valence-corrected chi connectivity index (χ0v) is 13.0. The monoisotopic (exact) mass is 314 g/mol. The molecule has 1 N–H and O–H groups in total. The van der Waals surface area contributed by atoms with E-state index in [9.17, 15) is 9.90 Å². The Morgan fingerprint density at radius 1 is 1.09 bits per heavy atom. The Morgan fingerprint density at radius 3 is 2.26 bits per heavy atom. The minimum Gasteiger partial charge on any atom is -0.502 e. The summed E-state index contributed by atoms with van der Waals surface area (Å²) in [5, 5.41) is 9.84. The van der Waals surface area contributed by atoms with Crippen LogP contribution in [0.15, 0.2) is 48.5 Å².